The molecule has 0 radical (unpaired) electrons. The van der Waals surface area contributed by atoms with Gasteiger partial charge in [0.1, 0.15) is 11.5 Å². The molecular weight excluding hydrogens is 243 g/mol. The van der Waals surface area contributed by atoms with Gasteiger partial charge in [-0.2, -0.15) is 5.10 Å². The number of alkyl halides is 2. The van der Waals surface area contributed by atoms with Gasteiger partial charge in [0.25, 0.3) is 6.43 Å². The van der Waals surface area contributed by atoms with E-state index in [4.69, 9.17) is 5.73 Å². The molecule has 1 aromatic heterocycles. The molecule has 0 aliphatic carbocycles. The summed E-state index contributed by atoms with van der Waals surface area (Å²) in [5.41, 5.74) is 6.05. The van der Waals surface area contributed by atoms with Crippen molar-refractivity contribution in [3.05, 3.63) is 53.1 Å². The Hall–Kier alpha value is -1.82. The lowest BCUT2D eigenvalue weighted by atomic mass is 10.2. The van der Waals surface area contributed by atoms with Gasteiger partial charge in [-0.05, 0) is 17.7 Å². The molecule has 18 heavy (non-hydrogen) atoms. The van der Waals surface area contributed by atoms with E-state index in [1.807, 2.05) is 0 Å². The van der Waals surface area contributed by atoms with E-state index < -0.39 is 12.2 Å². The number of benzene rings is 1. The van der Waals surface area contributed by atoms with Crippen LogP contribution in [0.3, 0.4) is 0 Å². The van der Waals surface area contributed by atoms with Crippen LogP contribution in [0.2, 0.25) is 0 Å². The minimum Gasteiger partial charge on any atom is -0.326 e. The van der Waals surface area contributed by atoms with Crippen molar-refractivity contribution in [1.82, 2.24) is 9.78 Å². The van der Waals surface area contributed by atoms with E-state index in [1.165, 1.54) is 24.4 Å². The predicted octanol–water partition coefficient (Wildman–Crippen LogP) is 2.47. The van der Waals surface area contributed by atoms with Crippen molar-refractivity contribution in [2.75, 3.05) is 0 Å². The maximum atomic E-state index is 13.0. The van der Waals surface area contributed by atoms with Gasteiger partial charge in [-0.25, -0.2) is 13.2 Å². The molecule has 2 aromatic rings. The van der Waals surface area contributed by atoms with Gasteiger partial charge in [0.15, 0.2) is 0 Å². The molecule has 0 saturated carbocycles. The van der Waals surface area contributed by atoms with Gasteiger partial charge in [0.05, 0.1) is 12.7 Å². The topological polar surface area (TPSA) is 43.8 Å². The number of nitrogens with zero attached hydrogens (tertiary/aromatic N) is 2. The van der Waals surface area contributed by atoms with Crippen molar-refractivity contribution in [3.63, 3.8) is 0 Å². The second-order valence-electron chi connectivity index (χ2n) is 3.85. The normalized spacial score (nSPS) is 11.2. The van der Waals surface area contributed by atoms with E-state index in [9.17, 15) is 13.2 Å². The third kappa shape index (κ3) is 2.53. The molecule has 2 rings (SSSR count). The van der Waals surface area contributed by atoms with Crippen LogP contribution in [-0.4, -0.2) is 9.78 Å². The molecule has 0 amide bonds. The fraction of sp³-hybridized carbons (Fsp3) is 0.250. The van der Waals surface area contributed by atoms with Crippen LogP contribution in [0.5, 0.6) is 0 Å². The number of aromatic nitrogens is 2. The molecule has 0 saturated heterocycles. The van der Waals surface area contributed by atoms with Crippen molar-refractivity contribution in [1.29, 1.82) is 0 Å². The Morgan fingerprint density at radius 3 is 2.72 bits per heavy atom. The third-order valence-electron chi connectivity index (χ3n) is 2.61. The maximum Gasteiger partial charge on any atom is 0.280 e. The average molecular weight is 255 g/mol. The molecule has 6 heteroatoms. The van der Waals surface area contributed by atoms with Crippen LogP contribution in [0.25, 0.3) is 0 Å². The minimum absolute atomic E-state index is 0.00280. The minimum atomic E-state index is -2.65. The van der Waals surface area contributed by atoms with Crippen molar-refractivity contribution >= 4 is 0 Å². The molecule has 0 spiro atoms. The van der Waals surface area contributed by atoms with E-state index in [2.05, 4.69) is 5.10 Å². The van der Waals surface area contributed by atoms with Crippen LogP contribution in [0.15, 0.2) is 30.5 Å². The van der Waals surface area contributed by atoms with Gasteiger partial charge < -0.3 is 5.73 Å². The first-order valence-corrected chi connectivity index (χ1v) is 5.39. The van der Waals surface area contributed by atoms with Crippen molar-refractivity contribution < 1.29 is 13.2 Å². The molecule has 0 atom stereocenters. The van der Waals surface area contributed by atoms with Crippen LogP contribution in [0.1, 0.15) is 23.2 Å². The second kappa shape index (κ2) is 5.22. The van der Waals surface area contributed by atoms with E-state index in [0.29, 0.717) is 11.1 Å². The first-order chi connectivity index (χ1) is 8.61. The molecule has 0 fully saturated rings. The first-order valence-electron chi connectivity index (χ1n) is 5.39. The molecule has 1 aromatic carbocycles. The van der Waals surface area contributed by atoms with Crippen LogP contribution in [0.4, 0.5) is 13.2 Å². The lowest BCUT2D eigenvalue weighted by molar-refractivity contribution is 0.138. The van der Waals surface area contributed by atoms with Crippen molar-refractivity contribution in [3.8, 4) is 0 Å². The zero-order valence-corrected chi connectivity index (χ0v) is 9.48. The Bertz CT molecular complexity index is 537. The maximum absolute atomic E-state index is 13.0. The Kier molecular flexibility index (Phi) is 3.66. The Morgan fingerprint density at radius 2 is 2.11 bits per heavy atom. The van der Waals surface area contributed by atoms with Gasteiger partial charge in [-0.15, -0.1) is 0 Å². The zero-order valence-electron chi connectivity index (χ0n) is 9.48. The van der Waals surface area contributed by atoms with Crippen LogP contribution < -0.4 is 5.73 Å². The average Bonchev–Trinajstić information content (AvgIpc) is 2.72. The predicted molar refractivity (Wildman–Crippen MR) is 60.6 cm³/mol. The van der Waals surface area contributed by atoms with E-state index in [1.54, 1.807) is 6.07 Å². The summed E-state index contributed by atoms with van der Waals surface area (Å²) in [5, 5.41) is 3.87. The summed E-state index contributed by atoms with van der Waals surface area (Å²) < 4.78 is 40.0. The van der Waals surface area contributed by atoms with Gasteiger partial charge in [0, 0.05) is 12.1 Å². The molecule has 1 heterocycles. The molecular formula is C12H12F3N3. The summed E-state index contributed by atoms with van der Waals surface area (Å²) in [7, 11) is 0. The van der Waals surface area contributed by atoms with Gasteiger partial charge in [-0.3, -0.25) is 4.68 Å². The molecule has 0 bridgehead atoms. The van der Waals surface area contributed by atoms with Crippen LogP contribution in [-0.2, 0) is 13.1 Å². The molecule has 3 nitrogen and oxygen atoms in total. The standard InChI is InChI=1S/C12H12F3N3/c13-10-3-1-2-8(4-10)7-18-11(12(14)15)9(5-16)6-17-18/h1-4,6,12H,5,7,16H2. The monoisotopic (exact) mass is 255 g/mol. The smallest absolute Gasteiger partial charge is 0.280 e. The molecule has 0 unspecified atom stereocenters. The quantitative estimate of drug-likeness (QED) is 0.912. The SMILES string of the molecule is NCc1cnn(Cc2cccc(F)c2)c1C(F)F. The fourth-order valence-electron chi connectivity index (χ4n) is 1.78. The summed E-state index contributed by atoms with van der Waals surface area (Å²) in [6, 6.07) is 5.77. The number of halogens is 3. The largest absolute Gasteiger partial charge is 0.326 e. The summed E-state index contributed by atoms with van der Waals surface area (Å²) in [6.45, 7) is 0.0975. The van der Waals surface area contributed by atoms with Gasteiger partial charge >= 0.3 is 0 Å². The molecule has 96 valence electrons. The number of nitrogens with two attached hydrogens (primary N) is 1. The highest BCUT2D eigenvalue weighted by atomic mass is 19.3. The second-order valence-corrected chi connectivity index (χ2v) is 3.85. The van der Waals surface area contributed by atoms with Crippen LogP contribution in [0, 0.1) is 5.82 Å². The van der Waals surface area contributed by atoms with E-state index in [-0.39, 0.29) is 18.8 Å². The van der Waals surface area contributed by atoms with Gasteiger partial charge in [0.2, 0.25) is 0 Å². The van der Waals surface area contributed by atoms with Crippen molar-refractivity contribution in [2.24, 2.45) is 5.73 Å². The lowest BCUT2D eigenvalue weighted by Crippen LogP contribution is -2.09. The highest BCUT2D eigenvalue weighted by Crippen LogP contribution is 2.23. The van der Waals surface area contributed by atoms with E-state index in [0.717, 1.165) is 4.68 Å². The fourth-order valence-corrected chi connectivity index (χ4v) is 1.78. The molecule has 0 aliphatic heterocycles. The Balaban J connectivity index is 2.32. The molecule has 0 aliphatic rings. The number of rotatable bonds is 4. The van der Waals surface area contributed by atoms with Crippen molar-refractivity contribution in [2.45, 2.75) is 19.5 Å². The zero-order chi connectivity index (χ0) is 13.1. The summed E-state index contributed by atoms with van der Waals surface area (Å²) >= 11 is 0. The number of hydrogen-bond acceptors (Lipinski definition) is 2. The van der Waals surface area contributed by atoms with E-state index >= 15 is 0 Å². The highest BCUT2D eigenvalue weighted by Gasteiger charge is 2.19. The summed E-state index contributed by atoms with van der Waals surface area (Å²) in [5.74, 6) is -0.405. The highest BCUT2D eigenvalue weighted by molar-refractivity contribution is 5.22. The molecule has 2 N–H and O–H groups in total. The van der Waals surface area contributed by atoms with Crippen LogP contribution >= 0.6 is 0 Å². The number of hydrogen-bond donors (Lipinski definition) is 1. The third-order valence-corrected chi connectivity index (χ3v) is 2.61. The van der Waals surface area contributed by atoms with Gasteiger partial charge in [-0.1, -0.05) is 12.1 Å². The summed E-state index contributed by atoms with van der Waals surface area (Å²) in [4.78, 5) is 0. The Morgan fingerprint density at radius 1 is 1.33 bits per heavy atom. The summed E-state index contributed by atoms with van der Waals surface area (Å²) in [6.07, 6.45) is -1.33. The first kappa shape index (κ1) is 12.6. The Labute approximate surface area is 102 Å². The lowest BCUT2D eigenvalue weighted by Gasteiger charge is -2.08.